The first kappa shape index (κ1) is 29.4. The van der Waals surface area contributed by atoms with Crippen LogP contribution >= 0.6 is 0 Å². The van der Waals surface area contributed by atoms with Gasteiger partial charge in [-0.3, -0.25) is 0 Å². The average molecular weight is 673 g/mol. The summed E-state index contributed by atoms with van der Waals surface area (Å²) in [6, 6.07) is 14.6. The minimum atomic E-state index is -0.416. The molecule has 0 atom stereocenters. The van der Waals surface area contributed by atoms with E-state index in [0.717, 1.165) is 24.5 Å². The number of hydrogen-bond donors (Lipinski definition) is 0. The molecule has 7 nitrogen and oxygen atoms in total. The van der Waals surface area contributed by atoms with Crippen LogP contribution in [0, 0.1) is 0 Å². The number of likely N-dealkylation sites (N-methyl/N-ethyl adjacent to an activating group) is 2. The normalized spacial score (nSPS) is 10.5. The Kier molecular flexibility index (Phi) is 13.0. The summed E-state index contributed by atoms with van der Waals surface area (Å²) in [6.45, 7) is 2.89. The van der Waals surface area contributed by atoms with Crippen molar-refractivity contribution in [1.82, 2.24) is 4.90 Å². The number of ether oxygens (including phenoxy) is 2. The SMILES string of the molecule is COC(=O)c1ccc(N(C)CCN(CCN(C)c2ccc(C(=O)OC)cc2)C([S-])[S-])cc1.[Au]. The van der Waals surface area contributed by atoms with Crippen molar-refractivity contribution in [3.8, 4) is 0 Å². The van der Waals surface area contributed by atoms with Gasteiger partial charge < -0.3 is 49.4 Å². The van der Waals surface area contributed by atoms with Gasteiger partial charge in [-0.1, -0.05) is 0 Å². The Labute approximate surface area is 222 Å². The fourth-order valence-electron chi connectivity index (χ4n) is 3.08. The van der Waals surface area contributed by atoms with E-state index in [1.54, 1.807) is 24.3 Å². The van der Waals surface area contributed by atoms with Gasteiger partial charge in [0.15, 0.2) is 0 Å². The zero-order chi connectivity index (χ0) is 23.7. The van der Waals surface area contributed by atoms with E-state index < -0.39 is 4.71 Å². The third-order valence-electron chi connectivity index (χ3n) is 5.20. The van der Waals surface area contributed by atoms with E-state index in [4.69, 9.17) is 34.7 Å². The second kappa shape index (κ2) is 14.6. The summed E-state index contributed by atoms with van der Waals surface area (Å²) < 4.78 is 9.05. The molecule has 0 spiro atoms. The van der Waals surface area contributed by atoms with Crippen LogP contribution in [0.5, 0.6) is 0 Å². The number of esters is 2. The molecule has 0 aliphatic rings. The Hall–Kier alpha value is -1.62. The van der Waals surface area contributed by atoms with Gasteiger partial charge in [0.2, 0.25) is 0 Å². The first-order valence-corrected chi connectivity index (χ1v) is 11.1. The molecule has 0 saturated carbocycles. The Bertz CT molecular complexity index is 813. The molecule has 2 aromatic carbocycles. The number of hydrogen-bond acceptors (Lipinski definition) is 9. The number of carbonyl (C=O) groups excluding carboxylic acids is 2. The number of benzene rings is 2. The van der Waals surface area contributed by atoms with Crippen LogP contribution in [0.15, 0.2) is 48.5 Å². The molecule has 2 rings (SSSR count). The first-order chi connectivity index (χ1) is 15.3. The molecule has 0 fully saturated rings. The zero-order valence-electron chi connectivity index (χ0n) is 19.1. The molecule has 0 amide bonds. The van der Waals surface area contributed by atoms with E-state index in [9.17, 15) is 9.59 Å². The van der Waals surface area contributed by atoms with Crippen molar-refractivity contribution in [2.75, 3.05) is 64.3 Å². The topological polar surface area (TPSA) is 62.3 Å². The smallest absolute Gasteiger partial charge is 0.337 e. The largest absolute Gasteiger partial charge is 0.800 e. The van der Waals surface area contributed by atoms with Crippen molar-refractivity contribution in [3.63, 3.8) is 0 Å². The van der Waals surface area contributed by atoms with Gasteiger partial charge in [0.25, 0.3) is 0 Å². The van der Waals surface area contributed by atoms with E-state index in [2.05, 4.69) is 14.7 Å². The molecule has 0 aromatic heterocycles. The van der Waals surface area contributed by atoms with Crippen LogP contribution in [0.2, 0.25) is 0 Å². The monoisotopic (exact) mass is 672 g/mol. The van der Waals surface area contributed by atoms with E-state index in [0.29, 0.717) is 24.2 Å². The van der Waals surface area contributed by atoms with Crippen LogP contribution in [0.25, 0.3) is 0 Å². The summed E-state index contributed by atoms with van der Waals surface area (Å²) in [5, 5.41) is 0. The van der Waals surface area contributed by atoms with Gasteiger partial charge in [0.05, 0.1) is 25.3 Å². The molecule has 33 heavy (non-hydrogen) atoms. The van der Waals surface area contributed by atoms with Gasteiger partial charge in [-0.2, -0.15) is 0 Å². The van der Waals surface area contributed by atoms with Gasteiger partial charge in [-0.05, 0) is 48.5 Å². The van der Waals surface area contributed by atoms with E-state index in [-0.39, 0.29) is 34.3 Å². The van der Waals surface area contributed by atoms with Crippen molar-refractivity contribution < 1.29 is 41.4 Å². The maximum Gasteiger partial charge on any atom is 0.337 e. The van der Waals surface area contributed by atoms with Gasteiger partial charge in [-0.15, -0.1) is 0 Å². The number of methoxy groups -OCH3 is 2. The van der Waals surface area contributed by atoms with Gasteiger partial charge in [0.1, 0.15) is 0 Å². The van der Waals surface area contributed by atoms with E-state index in [1.165, 1.54) is 14.2 Å². The summed E-state index contributed by atoms with van der Waals surface area (Å²) in [5.41, 5.74) is 3.02. The molecule has 0 aliphatic heterocycles. The molecule has 0 bridgehead atoms. The molecule has 185 valence electrons. The van der Waals surface area contributed by atoms with Gasteiger partial charge >= 0.3 is 11.9 Å². The van der Waals surface area contributed by atoms with Crippen LogP contribution in [-0.2, 0) is 57.1 Å². The molecular formula is C23H29AuN3O4S2-2. The minimum Gasteiger partial charge on any atom is -0.800 e. The number of anilines is 2. The van der Waals surface area contributed by atoms with Crippen LogP contribution in [0.1, 0.15) is 20.7 Å². The second-order valence-electron chi connectivity index (χ2n) is 7.26. The van der Waals surface area contributed by atoms with Crippen LogP contribution < -0.4 is 9.80 Å². The molecule has 0 N–H and O–H groups in total. The average Bonchev–Trinajstić information content (AvgIpc) is 2.82. The van der Waals surface area contributed by atoms with E-state index >= 15 is 0 Å². The molecule has 0 aliphatic carbocycles. The third-order valence-corrected chi connectivity index (χ3v) is 5.80. The Balaban J connectivity index is 0.00000544. The van der Waals surface area contributed by atoms with Crippen molar-refractivity contribution >= 4 is 48.6 Å². The predicted molar refractivity (Wildman–Crippen MR) is 132 cm³/mol. The number of rotatable bonds is 11. The van der Waals surface area contributed by atoms with Crippen molar-refractivity contribution in [1.29, 1.82) is 0 Å². The Morgan fingerprint density at radius 2 is 1.06 bits per heavy atom. The quantitative estimate of drug-likeness (QED) is 0.204. The summed E-state index contributed by atoms with van der Waals surface area (Å²) >= 11 is 10.7. The number of carbonyl (C=O) groups is 2. The molecule has 0 heterocycles. The Morgan fingerprint density at radius 3 is 1.33 bits per heavy atom. The van der Waals surface area contributed by atoms with Crippen LogP contribution in [0.4, 0.5) is 11.4 Å². The maximum absolute atomic E-state index is 11.6. The fraction of sp³-hybridized carbons (Fsp3) is 0.391. The summed E-state index contributed by atoms with van der Waals surface area (Å²) in [5.74, 6) is -0.705. The number of nitrogens with zero attached hydrogens (tertiary/aromatic N) is 3. The van der Waals surface area contributed by atoms with Gasteiger partial charge in [-0.25, -0.2) is 14.3 Å². The van der Waals surface area contributed by atoms with E-state index in [1.807, 2.05) is 38.4 Å². The second-order valence-corrected chi connectivity index (χ2v) is 8.45. The molecule has 0 unspecified atom stereocenters. The first-order valence-electron chi connectivity index (χ1n) is 10.1. The van der Waals surface area contributed by atoms with Crippen molar-refractivity contribution in [3.05, 3.63) is 59.7 Å². The van der Waals surface area contributed by atoms with Crippen molar-refractivity contribution in [2.24, 2.45) is 0 Å². The minimum absolute atomic E-state index is 0. The predicted octanol–water partition coefficient (Wildman–Crippen LogP) is 2.51. The Morgan fingerprint density at radius 1 is 0.727 bits per heavy atom. The zero-order valence-corrected chi connectivity index (χ0v) is 22.9. The maximum atomic E-state index is 11.6. The standard InChI is InChI=1S/C23H31N3O4S2.Au/c1-24(19-9-5-17(6-10-19)21(27)29-3)13-15-26(23(31)32)16-14-25(2)20-11-7-18(8-12-20)22(28)30-4;/h5-12,23,31-32H,13-16H2,1-4H3;/p-2. The van der Waals surface area contributed by atoms with Gasteiger partial charge in [0, 0.05) is 74.0 Å². The fourth-order valence-corrected chi connectivity index (χ4v) is 3.50. The molecule has 2 aromatic rings. The summed E-state index contributed by atoms with van der Waals surface area (Å²) in [4.78, 5) is 29.4. The molecule has 1 radical (unpaired) electrons. The van der Waals surface area contributed by atoms with Crippen LogP contribution in [0.3, 0.4) is 0 Å². The summed E-state index contributed by atoms with van der Waals surface area (Å²) in [6.07, 6.45) is 0. The van der Waals surface area contributed by atoms with Crippen LogP contribution in [-0.4, -0.2) is 76.0 Å². The molecule has 10 heteroatoms. The summed E-state index contributed by atoms with van der Waals surface area (Å²) in [7, 11) is 6.71. The third kappa shape index (κ3) is 8.92. The van der Waals surface area contributed by atoms with Crippen molar-refractivity contribution in [2.45, 2.75) is 4.71 Å². The molecular weight excluding hydrogens is 643 g/mol. The molecule has 0 saturated heterocycles.